The van der Waals surface area contributed by atoms with Gasteiger partial charge in [-0.3, -0.25) is 4.79 Å². The molecule has 0 radical (unpaired) electrons. The molecule has 5 unspecified atom stereocenters. The van der Waals surface area contributed by atoms with Crippen molar-refractivity contribution in [1.82, 2.24) is 0 Å². The molecule has 238 valence electrons. The molecule has 6 atom stereocenters. The maximum absolute atomic E-state index is 12.6. The lowest BCUT2D eigenvalue weighted by Gasteiger charge is -2.31. The van der Waals surface area contributed by atoms with Crippen LogP contribution in [-0.4, -0.2) is 60.5 Å². The molecular formula is C30H47NO11. The number of unbranched alkanes of at least 4 members (excludes halogenated alkanes) is 1. The molecule has 3 N–H and O–H groups in total. The molecule has 0 saturated carbocycles. The molecule has 1 rings (SSSR count). The van der Waals surface area contributed by atoms with E-state index in [2.05, 4.69) is 0 Å². The highest BCUT2D eigenvalue weighted by molar-refractivity contribution is 5.75. The molecule has 0 heterocycles. The zero-order chi connectivity index (χ0) is 31.8. The van der Waals surface area contributed by atoms with Gasteiger partial charge in [0.1, 0.15) is 24.4 Å². The van der Waals surface area contributed by atoms with Crippen molar-refractivity contribution in [3.8, 4) is 11.5 Å². The quantitative estimate of drug-likeness (QED) is 0.0858. The molecule has 0 spiro atoms. The molecule has 0 amide bonds. The first-order chi connectivity index (χ1) is 19.8. The van der Waals surface area contributed by atoms with E-state index in [4.69, 9.17) is 34.2 Å². The van der Waals surface area contributed by atoms with Crippen molar-refractivity contribution >= 4 is 24.4 Å². The Kier molecular flexibility index (Phi) is 16.3. The van der Waals surface area contributed by atoms with Crippen molar-refractivity contribution in [2.75, 3.05) is 6.61 Å². The van der Waals surface area contributed by atoms with E-state index < -0.39 is 60.6 Å². The number of hydrogen-bond donors (Lipinski definition) is 2. The molecule has 12 nitrogen and oxygen atoms in total. The summed E-state index contributed by atoms with van der Waals surface area (Å²) in [6, 6.07) is 2.75. The number of ether oxygens (including phenoxy) is 6. The molecule has 0 aromatic heterocycles. The van der Waals surface area contributed by atoms with Gasteiger partial charge in [0.25, 0.3) is 0 Å². The number of carbonyl (C=O) groups is 4. The topological polar surface area (TPSA) is 170 Å². The summed E-state index contributed by atoms with van der Waals surface area (Å²) >= 11 is 0. The van der Waals surface area contributed by atoms with Gasteiger partial charge >= 0.3 is 24.4 Å². The number of carboxylic acids is 1. The van der Waals surface area contributed by atoms with Gasteiger partial charge in [0.2, 0.25) is 0 Å². The van der Waals surface area contributed by atoms with Gasteiger partial charge in [0.05, 0.1) is 6.61 Å². The largest absolute Gasteiger partial charge is 0.514 e. The number of carbonyl (C=O) groups excluding carboxylic acids is 3. The highest BCUT2D eigenvalue weighted by atomic mass is 16.8. The van der Waals surface area contributed by atoms with E-state index in [-0.39, 0.29) is 18.1 Å². The lowest BCUT2D eigenvalue weighted by Crippen LogP contribution is -2.42. The monoisotopic (exact) mass is 597 g/mol. The van der Waals surface area contributed by atoms with E-state index in [1.807, 2.05) is 20.8 Å². The fourth-order valence-corrected chi connectivity index (χ4v) is 4.26. The van der Waals surface area contributed by atoms with Crippen LogP contribution in [-0.2, 0) is 23.7 Å². The normalized spacial score (nSPS) is 15.2. The third-order valence-electron chi connectivity index (χ3n) is 6.70. The average molecular weight is 598 g/mol. The van der Waals surface area contributed by atoms with Gasteiger partial charge in [-0.2, -0.15) is 0 Å². The summed E-state index contributed by atoms with van der Waals surface area (Å²) in [5, 5.41) is 9.79. The van der Waals surface area contributed by atoms with Gasteiger partial charge in [0.15, 0.2) is 11.5 Å². The molecule has 12 heteroatoms. The summed E-state index contributed by atoms with van der Waals surface area (Å²) in [7, 11) is 0. The fraction of sp³-hybridized carbons (Fsp3) is 0.667. The van der Waals surface area contributed by atoms with Gasteiger partial charge in [-0.05, 0) is 57.7 Å². The van der Waals surface area contributed by atoms with E-state index >= 15 is 0 Å². The Hall–Kier alpha value is -3.54. The van der Waals surface area contributed by atoms with Crippen LogP contribution in [0.15, 0.2) is 18.2 Å². The number of carboxylic acid groups (broad SMARTS) is 1. The Morgan fingerprint density at radius 2 is 1.33 bits per heavy atom. The average Bonchev–Trinajstić information content (AvgIpc) is 2.90. The maximum atomic E-state index is 12.6. The van der Waals surface area contributed by atoms with Gasteiger partial charge < -0.3 is 39.3 Å². The van der Waals surface area contributed by atoms with Crippen molar-refractivity contribution < 1.29 is 52.7 Å². The molecule has 0 saturated heterocycles. The summed E-state index contributed by atoms with van der Waals surface area (Å²) in [4.78, 5) is 49.2. The van der Waals surface area contributed by atoms with E-state index in [1.165, 1.54) is 18.2 Å². The first-order valence-corrected chi connectivity index (χ1v) is 14.6. The van der Waals surface area contributed by atoms with E-state index in [0.717, 1.165) is 19.3 Å². The van der Waals surface area contributed by atoms with Crippen molar-refractivity contribution in [3.63, 3.8) is 0 Å². The smallest absolute Gasteiger partial charge is 0.480 e. The summed E-state index contributed by atoms with van der Waals surface area (Å²) in [5.74, 6) is -3.21. The van der Waals surface area contributed by atoms with E-state index in [9.17, 15) is 24.3 Å². The fourth-order valence-electron chi connectivity index (χ4n) is 4.26. The first kappa shape index (κ1) is 36.5. The molecule has 0 fully saturated rings. The third-order valence-corrected chi connectivity index (χ3v) is 6.70. The van der Waals surface area contributed by atoms with Crippen LogP contribution in [0.1, 0.15) is 98.5 Å². The Balaban J connectivity index is 3.39. The molecule has 1 aromatic rings. The van der Waals surface area contributed by atoms with Crippen molar-refractivity contribution in [2.24, 2.45) is 11.7 Å². The summed E-state index contributed by atoms with van der Waals surface area (Å²) in [6.07, 6.45) is -0.251. The number of nitrogens with two attached hydrogens (primary N) is 1. The number of hydrogen-bond acceptors (Lipinski definition) is 11. The van der Waals surface area contributed by atoms with Crippen LogP contribution >= 0.6 is 0 Å². The molecule has 0 aliphatic carbocycles. The van der Waals surface area contributed by atoms with Crippen LogP contribution in [0, 0.1) is 5.92 Å². The Labute approximate surface area is 248 Å². The lowest BCUT2D eigenvalue weighted by molar-refractivity contribution is -0.139. The molecule has 0 aliphatic rings. The van der Waals surface area contributed by atoms with Gasteiger partial charge in [0, 0.05) is 11.8 Å². The van der Waals surface area contributed by atoms with Crippen LogP contribution in [0.25, 0.3) is 0 Å². The first-order valence-electron chi connectivity index (χ1n) is 14.6. The lowest BCUT2D eigenvalue weighted by atomic mass is 9.79. The second-order valence-electron chi connectivity index (χ2n) is 10.4. The van der Waals surface area contributed by atoms with Crippen LogP contribution < -0.4 is 15.2 Å². The second-order valence-corrected chi connectivity index (χ2v) is 10.4. The van der Waals surface area contributed by atoms with Crippen molar-refractivity contribution in [1.29, 1.82) is 0 Å². The van der Waals surface area contributed by atoms with Crippen LogP contribution in [0.4, 0.5) is 14.4 Å². The standard InChI is InChI=1S/C30H47NO11/c1-8-11-16-37-28(34)40-21(7)20(6)25(26(31)27(32)33)22-14-15-23(41-29(35)38-18(4)12-9-2)24(17-22)42-30(36)39-19(5)13-10-3/h14-15,17-21,25-26H,8-13,16,31H2,1-7H3,(H,32,33)/t18?,19?,20?,21?,25?,26-/m0/s1. The Morgan fingerprint density at radius 1 is 0.786 bits per heavy atom. The number of rotatable bonds is 17. The van der Waals surface area contributed by atoms with Gasteiger partial charge in [-0.15, -0.1) is 0 Å². The predicted molar refractivity (Wildman–Crippen MR) is 154 cm³/mol. The van der Waals surface area contributed by atoms with Crippen LogP contribution in [0.5, 0.6) is 11.5 Å². The molecule has 42 heavy (non-hydrogen) atoms. The van der Waals surface area contributed by atoms with Gasteiger partial charge in [-0.1, -0.05) is 53.0 Å². The molecule has 1 aromatic carbocycles. The zero-order valence-corrected chi connectivity index (χ0v) is 25.8. The predicted octanol–water partition coefficient (Wildman–Crippen LogP) is 6.57. The number of aliphatic carboxylic acids is 1. The Morgan fingerprint density at radius 3 is 1.83 bits per heavy atom. The molecular weight excluding hydrogens is 550 g/mol. The minimum absolute atomic E-state index is 0.147. The van der Waals surface area contributed by atoms with Crippen molar-refractivity contribution in [2.45, 2.75) is 117 Å². The summed E-state index contributed by atoms with van der Waals surface area (Å²) in [6.45, 7) is 12.7. The highest BCUT2D eigenvalue weighted by Gasteiger charge is 2.36. The third kappa shape index (κ3) is 12.5. The second kappa shape index (κ2) is 18.8. The van der Waals surface area contributed by atoms with Gasteiger partial charge in [-0.25, -0.2) is 14.4 Å². The number of benzene rings is 1. The molecule has 0 bridgehead atoms. The summed E-state index contributed by atoms with van der Waals surface area (Å²) in [5.41, 5.74) is 6.43. The van der Waals surface area contributed by atoms with Crippen LogP contribution in [0.3, 0.4) is 0 Å². The maximum Gasteiger partial charge on any atom is 0.514 e. The minimum Gasteiger partial charge on any atom is -0.480 e. The summed E-state index contributed by atoms with van der Waals surface area (Å²) < 4.78 is 31.7. The van der Waals surface area contributed by atoms with Crippen molar-refractivity contribution in [3.05, 3.63) is 23.8 Å². The van der Waals surface area contributed by atoms with Crippen LogP contribution in [0.2, 0.25) is 0 Å². The van der Waals surface area contributed by atoms with E-state index in [0.29, 0.717) is 24.8 Å². The zero-order valence-electron chi connectivity index (χ0n) is 25.8. The minimum atomic E-state index is -1.43. The molecule has 0 aliphatic heterocycles. The SMILES string of the molecule is CCCCOC(=O)OC(C)C(C)C(c1ccc(OC(=O)OC(C)CCC)c(OC(=O)OC(C)CCC)c1)[C@H](N)C(=O)O. The highest BCUT2D eigenvalue weighted by Crippen LogP contribution is 2.37. The van der Waals surface area contributed by atoms with E-state index in [1.54, 1.807) is 27.7 Å². The Bertz CT molecular complexity index is 1010.